The third kappa shape index (κ3) is 3.27. The third-order valence-electron chi connectivity index (χ3n) is 1.86. The lowest BCUT2D eigenvalue weighted by molar-refractivity contribution is 0.247. The Labute approximate surface area is 78.1 Å². The average molecular weight is 181 g/mol. The molecule has 0 saturated heterocycles. The van der Waals surface area contributed by atoms with Crippen LogP contribution >= 0.6 is 0 Å². The molecule has 1 atom stereocenters. The lowest BCUT2D eigenvalue weighted by Gasteiger charge is -2.09. The van der Waals surface area contributed by atoms with Crippen LogP contribution in [0.15, 0.2) is 12.4 Å². The molecule has 2 N–H and O–H groups in total. The number of nitrogens with two attached hydrogens (primary N) is 1. The summed E-state index contributed by atoms with van der Waals surface area (Å²) < 4.78 is 5.38. The second-order valence-corrected chi connectivity index (χ2v) is 3.10. The Hall–Kier alpha value is -1.32. The molecular weight excluding hydrogens is 166 g/mol. The Balaban J connectivity index is 2.41. The van der Waals surface area contributed by atoms with Gasteiger partial charge in [0.05, 0.1) is 19.0 Å². The van der Waals surface area contributed by atoms with Gasteiger partial charge < -0.3 is 10.5 Å². The maximum absolute atomic E-state index is 5.38. The Morgan fingerprint density at radius 3 is 2.77 bits per heavy atom. The summed E-state index contributed by atoms with van der Waals surface area (Å²) in [5.74, 6) is 1.49. The number of nitrogen functional groups attached to an aromatic ring is 1. The Morgan fingerprint density at radius 1 is 1.46 bits per heavy atom. The van der Waals surface area contributed by atoms with E-state index in [1.165, 1.54) is 12.4 Å². The fourth-order valence-electron chi connectivity index (χ4n) is 0.746. The Bertz CT molecular complexity index is 248. The molecule has 1 aromatic heterocycles. The number of nitrogens with zero attached hydrogens (tertiary/aromatic N) is 2. The molecule has 0 aliphatic carbocycles. The predicted molar refractivity (Wildman–Crippen MR) is 51.4 cm³/mol. The highest BCUT2D eigenvalue weighted by Gasteiger charge is 2.00. The number of aromatic nitrogens is 2. The van der Waals surface area contributed by atoms with Crippen molar-refractivity contribution in [1.29, 1.82) is 0 Å². The molecule has 4 heteroatoms. The normalized spacial score (nSPS) is 12.5. The zero-order chi connectivity index (χ0) is 9.68. The number of rotatable bonds is 4. The maximum Gasteiger partial charge on any atom is 0.232 e. The van der Waals surface area contributed by atoms with E-state index in [9.17, 15) is 0 Å². The largest absolute Gasteiger partial charge is 0.476 e. The number of hydrogen-bond donors (Lipinski definition) is 1. The lowest BCUT2D eigenvalue weighted by atomic mass is 10.1. The van der Waals surface area contributed by atoms with Gasteiger partial charge in [-0.25, -0.2) is 9.97 Å². The van der Waals surface area contributed by atoms with Gasteiger partial charge in [0.15, 0.2) is 0 Å². The van der Waals surface area contributed by atoms with E-state index >= 15 is 0 Å². The number of ether oxygens (including phenoxy) is 1. The van der Waals surface area contributed by atoms with Crippen molar-refractivity contribution >= 4 is 5.82 Å². The smallest absolute Gasteiger partial charge is 0.232 e. The molecule has 0 amide bonds. The van der Waals surface area contributed by atoms with Gasteiger partial charge >= 0.3 is 0 Å². The zero-order valence-electron chi connectivity index (χ0n) is 8.03. The summed E-state index contributed by atoms with van der Waals surface area (Å²) in [6, 6.07) is 0. The van der Waals surface area contributed by atoms with Crippen LogP contribution in [0.3, 0.4) is 0 Å². The first-order valence-corrected chi connectivity index (χ1v) is 4.42. The van der Waals surface area contributed by atoms with Crippen LogP contribution in [0.5, 0.6) is 5.88 Å². The molecular formula is C9H15N3O. The van der Waals surface area contributed by atoms with Crippen LogP contribution < -0.4 is 10.5 Å². The summed E-state index contributed by atoms with van der Waals surface area (Å²) in [4.78, 5) is 7.85. The van der Waals surface area contributed by atoms with E-state index in [0.717, 1.165) is 6.42 Å². The monoisotopic (exact) mass is 181 g/mol. The van der Waals surface area contributed by atoms with Gasteiger partial charge in [0.1, 0.15) is 5.82 Å². The molecule has 0 spiro atoms. The molecule has 0 saturated carbocycles. The summed E-state index contributed by atoms with van der Waals surface area (Å²) in [6.07, 6.45) is 4.13. The molecule has 0 radical (unpaired) electrons. The highest BCUT2D eigenvalue weighted by Crippen LogP contribution is 2.07. The quantitative estimate of drug-likeness (QED) is 0.764. The summed E-state index contributed by atoms with van der Waals surface area (Å²) in [5.41, 5.74) is 5.38. The van der Waals surface area contributed by atoms with Crippen LogP contribution in [0.2, 0.25) is 0 Å². The van der Waals surface area contributed by atoms with Crippen molar-refractivity contribution in [2.45, 2.75) is 20.3 Å². The predicted octanol–water partition coefficient (Wildman–Crippen LogP) is 1.48. The van der Waals surface area contributed by atoms with E-state index in [2.05, 4.69) is 23.8 Å². The SMILES string of the molecule is CCC(C)COc1cnc(N)cn1. The van der Waals surface area contributed by atoms with Crippen LogP contribution in [0.25, 0.3) is 0 Å². The molecule has 0 bridgehead atoms. The molecule has 1 unspecified atom stereocenters. The van der Waals surface area contributed by atoms with Gasteiger partial charge in [-0.15, -0.1) is 0 Å². The summed E-state index contributed by atoms with van der Waals surface area (Å²) >= 11 is 0. The highest BCUT2D eigenvalue weighted by molar-refractivity contribution is 5.24. The van der Waals surface area contributed by atoms with E-state index < -0.39 is 0 Å². The fraction of sp³-hybridized carbons (Fsp3) is 0.556. The van der Waals surface area contributed by atoms with Crippen LogP contribution in [0, 0.1) is 5.92 Å². The van der Waals surface area contributed by atoms with Gasteiger partial charge in [-0.2, -0.15) is 0 Å². The highest BCUT2D eigenvalue weighted by atomic mass is 16.5. The molecule has 0 aromatic carbocycles. The first kappa shape index (κ1) is 9.77. The Kier molecular flexibility index (Phi) is 3.49. The van der Waals surface area contributed by atoms with Crippen LogP contribution in [-0.2, 0) is 0 Å². The minimum atomic E-state index is 0.413. The van der Waals surface area contributed by atoms with E-state index in [0.29, 0.717) is 24.2 Å². The average Bonchev–Trinajstić information content (AvgIpc) is 2.16. The molecule has 13 heavy (non-hydrogen) atoms. The van der Waals surface area contributed by atoms with Gasteiger partial charge in [0.2, 0.25) is 5.88 Å². The van der Waals surface area contributed by atoms with Crippen molar-refractivity contribution < 1.29 is 4.74 Å². The molecule has 1 heterocycles. The molecule has 0 fully saturated rings. The molecule has 0 aliphatic rings. The molecule has 72 valence electrons. The van der Waals surface area contributed by atoms with Crippen molar-refractivity contribution in [1.82, 2.24) is 9.97 Å². The van der Waals surface area contributed by atoms with Gasteiger partial charge in [-0.1, -0.05) is 20.3 Å². The first-order chi connectivity index (χ1) is 6.22. The van der Waals surface area contributed by atoms with Crippen LogP contribution in [0.1, 0.15) is 20.3 Å². The van der Waals surface area contributed by atoms with Gasteiger partial charge in [-0.3, -0.25) is 0 Å². The maximum atomic E-state index is 5.38. The zero-order valence-corrected chi connectivity index (χ0v) is 8.03. The summed E-state index contributed by atoms with van der Waals surface area (Å²) in [5, 5.41) is 0. The van der Waals surface area contributed by atoms with Crippen molar-refractivity contribution in [3.8, 4) is 5.88 Å². The summed E-state index contributed by atoms with van der Waals surface area (Å²) in [7, 11) is 0. The Morgan fingerprint density at radius 2 is 2.23 bits per heavy atom. The molecule has 4 nitrogen and oxygen atoms in total. The minimum Gasteiger partial charge on any atom is -0.476 e. The molecule has 0 aliphatic heterocycles. The van der Waals surface area contributed by atoms with Gasteiger partial charge in [0.25, 0.3) is 0 Å². The molecule has 1 rings (SSSR count). The van der Waals surface area contributed by atoms with Crippen molar-refractivity contribution in [3.05, 3.63) is 12.4 Å². The van der Waals surface area contributed by atoms with Crippen molar-refractivity contribution in [3.63, 3.8) is 0 Å². The van der Waals surface area contributed by atoms with Gasteiger partial charge in [-0.05, 0) is 5.92 Å². The van der Waals surface area contributed by atoms with Crippen molar-refractivity contribution in [2.24, 2.45) is 5.92 Å². The first-order valence-electron chi connectivity index (χ1n) is 4.42. The van der Waals surface area contributed by atoms with Crippen molar-refractivity contribution in [2.75, 3.05) is 12.3 Å². The fourth-order valence-corrected chi connectivity index (χ4v) is 0.746. The summed E-state index contributed by atoms with van der Waals surface area (Å²) in [6.45, 7) is 4.93. The van der Waals surface area contributed by atoms with E-state index in [-0.39, 0.29) is 0 Å². The van der Waals surface area contributed by atoms with Gasteiger partial charge in [0, 0.05) is 0 Å². The lowest BCUT2D eigenvalue weighted by Crippen LogP contribution is -2.08. The van der Waals surface area contributed by atoms with E-state index in [1.807, 2.05) is 0 Å². The second kappa shape index (κ2) is 4.64. The van der Waals surface area contributed by atoms with E-state index in [1.54, 1.807) is 0 Å². The molecule has 1 aromatic rings. The van der Waals surface area contributed by atoms with Crippen LogP contribution in [-0.4, -0.2) is 16.6 Å². The minimum absolute atomic E-state index is 0.413. The number of hydrogen-bond acceptors (Lipinski definition) is 4. The van der Waals surface area contributed by atoms with Crippen LogP contribution in [0.4, 0.5) is 5.82 Å². The topological polar surface area (TPSA) is 61.0 Å². The second-order valence-electron chi connectivity index (χ2n) is 3.10. The number of anilines is 1. The third-order valence-corrected chi connectivity index (χ3v) is 1.86. The standard InChI is InChI=1S/C9H15N3O/c1-3-7(2)6-13-9-5-11-8(10)4-12-9/h4-5,7H,3,6H2,1-2H3,(H2,10,11). The van der Waals surface area contributed by atoms with E-state index in [4.69, 9.17) is 10.5 Å².